The fourth-order valence-corrected chi connectivity index (χ4v) is 5.61. The molecule has 2 atom stereocenters. The van der Waals surface area contributed by atoms with Crippen LogP contribution in [0.4, 0.5) is 4.39 Å². The zero-order chi connectivity index (χ0) is 21.7. The highest BCUT2D eigenvalue weighted by Crippen LogP contribution is 2.42. The van der Waals surface area contributed by atoms with Gasteiger partial charge < -0.3 is 14.4 Å². The van der Waals surface area contributed by atoms with Crippen LogP contribution < -0.4 is 20.6 Å². The van der Waals surface area contributed by atoms with Gasteiger partial charge in [0.1, 0.15) is 17.4 Å². The first-order valence-corrected chi connectivity index (χ1v) is 11.1. The summed E-state index contributed by atoms with van der Waals surface area (Å²) in [7, 11) is -0.344. The van der Waals surface area contributed by atoms with Gasteiger partial charge >= 0.3 is 0 Å². The number of nitrogens with one attached hydrogen (secondary N) is 1. The Morgan fingerprint density at radius 3 is 2.47 bits per heavy atom. The summed E-state index contributed by atoms with van der Waals surface area (Å²) < 4.78 is 49.4. The minimum absolute atomic E-state index is 0.162. The third-order valence-corrected chi connectivity index (χ3v) is 7.00. The lowest BCUT2D eigenvalue weighted by Crippen LogP contribution is -2.62. The molecule has 4 rings (SSSR count). The molecule has 160 valence electrons. The van der Waals surface area contributed by atoms with Crippen molar-refractivity contribution in [2.75, 3.05) is 25.7 Å². The largest absolute Gasteiger partial charge is 0.493 e. The van der Waals surface area contributed by atoms with E-state index in [0.717, 1.165) is 5.56 Å². The molecular formula is C20H23FN4O4S. The van der Waals surface area contributed by atoms with Crippen LogP contribution in [-0.2, 0) is 15.6 Å². The van der Waals surface area contributed by atoms with Gasteiger partial charge in [-0.1, -0.05) is 12.1 Å². The fourth-order valence-electron chi connectivity index (χ4n) is 4.07. The van der Waals surface area contributed by atoms with Crippen LogP contribution in [0.5, 0.6) is 11.5 Å². The maximum Gasteiger partial charge on any atom is 0.208 e. The molecule has 3 N–H and O–H groups in total. The van der Waals surface area contributed by atoms with Crippen LogP contribution in [0.15, 0.2) is 41.5 Å². The van der Waals surface area contributed by atoms with Gasteiger partial charge in [0, 0.05) is 5.56 Å². The van der Waals surface area contributed by atoms with E-state index in [2.05, 4.69) is 10.5 Å². The number of nitrogens with two attached hydrogens (primary N) is 1. The number of ether oxygens (including phenoxy) is 2. The van der Waals surface area contributed by atoms with Gasteiger partial charge in [-0.2, -0.15) is 5.10 Å². The third kappa shape index (κ3) is 3.25. The van der Waals surface area contributed by atoms with Crippen LogP contribution in [0.3, 0.4) is 0 Å². The van der Waals surface area contributed by atoms with Gasteiger partial charge in [0.05, 0.1) is 26.0 Å². The molecule has 0 aliphatic carbocycles. The van der Waals surface area contributed by atoms with Gasteiger partial charge in [-0.15, -0.1) is 0 Å². The van der Waals surface area contributed by atoms with E-state index in [-0.39, 0.29) is 11.5 Å². The Morgan fingerprint density at radius 1 is 1.20 bits per heavy atom. The first-order valence-electron chi connectivity index (χ1n) is 9.29. The van der Waals surface area contributed by atoms with Crippen molar-refractivity contribution >= 4 is 15.7 Å². The Morgan fingerprint density at radius 2 is 1.83 bits per heavy atom. The number of halogens is 1. The first kappa shape index (κ1) is 20.4. The third-order valence-electron chi connectivity index (χ3n) is 5.48. The second kappa shape index (κ2) is 7.13. The molecule has 0 bridgehead atoms. The van der Waals surface area contributed by atoms with Gasteiger partial charge in [0.2, 0.25) is 5.79 Å². The normalized spacial score (nSPS) is 24.6. The van der Waals surface area contributed by atoms with Crippen molar-refractivity contribution in [1.29, 1.82) is 0 Å². The highest BCUT2D eigenvalue weighted by atomic mass is 32.2. The summed E-state index contributed by atoms with van der Waals surface area (Å²) in [5.41, 5.74) is 11.9. The lowest BCUT2D eigenvalue weighted by Gasteiger charge is -2.44. The molecule has 1 fully saturated rings. The first-order chi connectivity index (χ1) is 14.2. The maximum absolute atomic E-state index is 13.5. The molecular weight excluding hydrogens is 411 g/mol. The average molecular weight is 434 g/mol. The lowest BCUT2D eigenvalue weighted by molar-refractivity contribution is 0.120. The van der Waals surface area contributed by atoms with E-state index in [1.807, 2.05) is 6.92 Å². The standard InChI is InChI=1S/C20H23FN4O4S/c1-12-8-17(28-2)18(29-3)9-15(12)20(22)24-23-19-11-30(26,27)10-16(25(19)20)13-4-6-14(21)7-5-13/h4-9,16,24H,10-11,22H2,1-3H3. The Kier molecular flexibility index (Phi) is 4.86. The molecule has 0 saturated carbocycles. The number of fused-ring (bicyclic) bond motifs is 1. The number of amidine groups is 1. The van der Waals surface area contributed by atoms with Gasteiger partial charge in [-0.25, -0.2) is 12.8 Å². The summed E-state index contributed by atoms with van der Waals surface area (Å²) in [5.74, 6) is -0.770. The molecule has 30 heavy (non-hydrogen) atoms. The van der Waals surface area contributed by atoms with E-state index in [4.69, 9.17) is 15.2 Å². The highest BCUT2D eigenvalue weighted by Gasteiger charge is 2.51. The fraction of sp³-hybridized carbons (Fsp3) is 0.350. The molecule has 0 aromatic heterocycles. The number of hydrazone groups is 1. The molecule has 2 heterocycles. The summed E-state index contributed by atoms with van der Waals surface area (Å²) in [5, 5.41) is 4.26. The number of rotatable bonds is 4. The van der Waals surface area contributed by atoms with Gasteiger partial charge in [0.15, 0.2) is 21.3 Å². The SMILES string of the molecule is COc1cc(C)c(C2(N)NN=C3CS(=O)(=O)CC(c4ccc(F)cc4)N32)cc1OC. The van der Waals surface area contributed by atoms with Crippen LogP contribution in [0, 0.1) is 12.7 Å². The second-order valence-electron chi connectivity index (χ2n) is 7.42. The maximum atomic E-state index is 13.5. The Hall–Kier alpha value is -2.85. The zero-order valence-electron chi connectivity index (χ0n) is 16.8. The minimum Gasteiger partial charge on any atom is -0.493 e. The minimum atomic E-state index is -3.42. The summed E-state index contributed by atoms with van der Waals surface area (Å²) >= 11 is 0. The molecule has 10 heteroatoms. The summed E-state index contributed by atoms with van der Waals surface area (Å²) in [4.78, 5) is 1.76. The Bertz CT molecular complexity index is 1120. The van der Waals surface area contributed by atoms with Crippen molar-refractivity contribution in [1.82, 2.24) is 10.3 Å². The van der Waals surface area contributed by atoms with Crippen molar-refractivity contribution < 1.29 is 22.3 Å². The van der Waals surface area contributed by atoms with Crippen LogP contribution in [0.1, 0.15) is 22.7 Å². The van der Waals surface area contributed by atoms with Crippen molar-refractivity contribution in [3.8, 4) is 11.5 Å². The zero-order valence-corrected chi connectivity index (χ0v) is 17.7. The predicted molar refractivity (Wildman–Crippen MR) is 110 cm³/mol. The van der Waals surface area contributed by atoms with Gasteiger partial charge in [0.25, 0.3) is 0 Å². The van der Waals surface area contributed by atoms with E-state index < -0.39 is 27.5 Å². The number of hydrogen-bond acceptors (Lipinski definition) is 8. The van der Waals surface area contributed by atoms with Crippen molar-refractivity contribution in [2.24, 2.45) is 10.8 Å². The topological polar surface area (TPSA) is 106 Å². The highest BCUT2D eigenvalue weighted by molar-refractivity contribution is 7.92. The number of sulfone groups is 1. The van der Waals surface area contributed by atoms with Crippen molar-refractivity contribution in [3.05, 3.63) is 58.9 Å². The van der Waals surface area contributed by atoms with Gasteiger partial charge in [-0.05, 0) is 42.3 Å². The molecule has 0 radical (unpaired) electrons. The van der Waals surface area contributed by atoms with E-state index in [1.54, 1.807) is 36.3 Å². The second-order valence-corrected chi connectivity index (χ2v) is 9.53. The molecule has 0 amide bonds. The molecule has 8 nitrogen and oxygen atoms in total. The molecule has 2 aromatic rings. The van der Waals surface area contributed by atoms with E-state index in [1.165, 1.54) is 19.2 Å². The molecule has 1 saturated heterocycles. The number of nitrogens with zero attached hydrogens (tertiary/aromatic N) is 2. The lowest BCUT2D eigenvalue weighted by atomic mass is 9.97. The number of methoxy groups -OCH3 is 2. The summed E-state index contributed by atoms with van der Waals surface area (Å²) in [6.07, 6.45) is 0. The predicted octanol–water partition coefficient (Wildman–Crippen LogP) is 1.61. The number of benzene rings is 2. The van der Waals surface area contributed by atoms with Crippen LogP contribution >= 0.6 is 0 Å². The van der Waals surface area contributed by atoms with E-state index in [0.29, 0.717) is 28.5 Å². The van der Waals surface area contributed by atoms with Crippen LogP contribution in [0.25, 0.3) is 0 Å². The Labute approximate surface area is 174 Å². The van der Waals surface area contributed by atoms with E-state index in [9.17, 15) is 12.8 Å². The number of hydrogen-bond donors (Lipinski definition) is 2. The smallest absolute Gasteiger partial charge is 0.208 e. The van der Waals surface area contributed by atoms with E-state index >= 15 is 0 Å². The molecule has 2 aliphatic rings. The number of aryl methyl sites for hydroxylation is 1. The van der Waals surface area contributed by atoms with Crippen LogP contribution in [0.2, 0.25) is 0 Å². The quantitative estimate of drug-likeness (QED) is 0.753. The molecule has 2 aromatic carbocycles. The summed E-state index contributed by atoms with van der Waals surface area (Å²) in [6.45, 7) is 1.87. The monoisotopic (exact) mass is 434 g/mol. The molecule has 2 aliphatic heterocycles. The van der Waals surface area contributed by atoms with Crippen LogP contribution in [-0.4, -0.2) is 44.9 Å². The summed E-state index contributed by atoms with van der Waals surface area (Å²) in [6, 6.07) is 8.65. The average Bonchev–Trinajstić information content (AvgIpc) is 3.03. The molecule has 2 unspecified atom stereocenters. The van der Waals surface area contributed by atoms with Crippen molar-refractivity contribution in [3.63, 3.8) is 0 Å². The molecule has 0 spiro atoms. The van der Waals surface area contributed by atoms with Crippen molar-refractivity contribution in [2.45, 2.75) is 18.8 Å². The van der Waals surface area contributed by atoms with Gasteiger partial charge in [-0.3, -0.25) is 11.2 Å². The Balaban J connectivity index is 1.85.